The van der Waals surface area contributed by atoms with Crippen molar-refractivity contribution in [3.63, 3.8) is 0 Å². The van der Waals surface area contributed by atoms with Crippen LogP contribution in [0.15, 0.2) is 40.0 Å². The quantitative estimate of drug-likeness (QED) is 0.129. The van der Waals surface area contributed by atoms with Crippen molar-refractivity contribution in [3.05, 3.63) is 46.4 Å². The molecule has 2 amide bonds. The highest BCUT2D eigenvalue weighted by Crippen LogP contribution is 2.41. The summed E-state index contributed by atoms with van der Waals surface area (Å²) in [6.07, 6.45) is 1.65. The third kappa shape index (κ3) is 4.15. The average molecular weight is 532 g/mol. The number of amides is 2. The van der Waals surface area contributed by atoms with Crippen LogP contribution >= 0.6 is 34.9 Å². The summed E-state index contributed by atoms with van der Waals surface area (Å²) in [5.74, 6) is -3.05. The lowest BCUT2D eigenvalue weighted by atomic mass is 10.0. The standard InChI is InChI=1S/C20H17N7O5S3/c1-8-4-12(24-11-2-3-22-27(8)11)33-5-9-6-34-18-13(17(30)26(18)14(9)19(31)32)25-16(29)15(28)10-7-35-20(21)23-10/h2-4,7,13,18H,5-6H2,1H3,(H2,21,23)(H,25,29)(H,31,32)/t13-,18-/m1/s1. The highest BCUT2D eigenvalue weighted by Gasteiger charge is 2.54. The Kier molecular flexibility index (Phi) is 5.98. The van der Waals surface area contributed by atoms with E-state index in [0.29, 0.717) is 27.8 Å². The van der Waals surface area contributed by atoms with Gasteiger partial charge in [0, 0.05) is 28.6 Å². The van der Waals surface area contributed by atoms with Crippen LogP contribution in [0.2, 0.25) is 0 Å². The van der Waals surface area contributed by atoms with Gasteiger partial charge in [0.1, 0.15) is 27.8 Å². The van der Waals surface area contributed by atoms with Gasteiger partial charge in [-0.05, 0) is 18.6 Å². The van der Waals surface area contributed by atoms with E-state index in [9.17, 15) is 24.3 Å². The Bertz CT molecular complexity index is 1430. The second-order valence-electron chi connectivity index (χ2n) is 7.64. The molecule has 2 aliphatic heterocycles. The van der Waals surface area contributed by atoms with Crippen LogP contribution in [0.25, 0.3) is 5.65 Å². The maximum absolute atomic E-state index is 12.8. The number of aromatic nitrogens is 4. The van der Waals surface area contributed by atoms with Gasteiger partial charge in [-0.25, -0.2) is 19.3 Å². The predicted molar refractivity (Wildman–Crippen MR) is 129 cm³/mol. The Morgan fingerprint density at radius 2 is 2.14 bits per heavy atom. The molecule has 2 atom stereocenters. The summed E-state index contributed by atoms with van der Waals surface area (Å²) in [6, 6.07) is 2.63. The van der Waals surface area contributed by atoms with Gasteiger partial charge in [-0.1, -0.05) is 0 Å². The van der Waals surface area contributed by atoms with Crippen molar-refractivity contribution < 1.29 is 24.3 Å². The maximum atomic E-state index is 12.8. The number of nitrogens with two attached hydrogens (primary N) is 1. The van der Waals surface area contributed by atoms with Gasteiger partial charge in [-0.15, -0.1) is 34.9 Å². The minimum absolute atomic E-state index is 0.0995. The predicted octanol–water partition coefficient (Wildman–Crippen LogP) is 0.790. The Morgan fingerprint density at radius 1 is 1.34 bits per heavy atom. The van der Waals surface area contributed by atoms with Gasteiger partial charge in [-0.2, -0.15) is 5.10 Å². The van der Waals surface area contributed by atoms with E-state index < -0.39 is 35.0 Å². The summed E-state index contributed by atoms with van der Waals surface area (Å²) in [5, 5.41) is 18.0. The number of anilines is 1. The molecule has 4 N–H and O–H groups in total. The second kappa shape index (κ2) is 8.98. The lowest BCUT2D eigenvalue weighted by Gasteiger charge is -2.49. The molecule has 2 aliphatic rings. The number of rotatable bonds is 7. The highest BCUT2D eigenvalue weighted by atomic mass is 32.2. The summed E-state index contributed by atoms with van der Waals surface area (Å²) in [5.41, 5.74) is 7.44. The number of fused-ring (bicyclic) bond motifs is 2. The van der Waals surface area contributed by atoms with Crippen molar-refractivity contribution in [1.29, 1.82) is 0 Å². The van der Waals surface area contributed by atoms with E-state index >= 15 is 0 Å². The minimum atomic E-state index is -1.23. The van der Waals surface area contributed by atoms with Crippen LogP contribution in [0, 0.1) is 6.92 Å². The van der Waals surface area contributed by atoms with Crippen LogP contribution in [0.5, 0.6) is 0 Å². The van der Waals surface area contributed by atoms with Crippen molar-refractivity contribution in [2.24, 2.45) is 0 Å². The number of aliphatic carboxylic acids is 1. The number of hydrogen-bond acceptors (Lipinski definition) is 11. The molecule has 5 rings (SSSR count). The number of hydrogen-bond donors (Lipinski definition) is 3. The molecule has 0 aliphatic carbocycles. The molecule has 35 heavy (non-hydrogen) atoms. The van der Waals surface area contributed by atoms with Gasteiger partial charge in [-0.3, -0.25) is 19.3 Å². The fraction of sp³-hybridized carbons (Fsp3) is 0.250. The number of ketones is 1. The number of nitrogens with one attached hydrogen (secondary N) is 1. The molecule has 3 aromatic rings. The molecule has 1 saturated heterocycles. The summed E-state index contributed by atoms with van der Waals surface area (Å²) in [6.45, 7) is 1.90. The van der Waals surface area contributed by atoms with Crippen molar-refractivity contribution in [2.45, 2.75) is 23.4 Å². The summed E-state index contributed by atoms with van der Waals surface area (Å²) < 4.78 is 1.70. The summed E-state index contributed by atoms with van der Waals surface area (Å²) in [7, 11) is 0. The van der Waals surface area contributed by atoms with E-state index in [-0.39, 0.29) is 16.5 Å². The van der Waals surface area contributed by atoms with Crippen LogP contribution in [0.1, 0.15) is 16.2 Å². The zero-order valence-electron chi connectivity index (χ0n) is 18.0. The first kappa shape index (κ1) is 23.3. The number of carbonyl (C=O) groups excluding carboxylic acids is 3. The fourth-order valence-electron chi connectivity index (χ4n) is 3.78. The van der Waals surface area contributed by atoms with E-state index in [0.717, 1.165) is 17.0 Å². The summed E-state index contributed by atoms with van der Waals surface area (Å²) in [4.78, 5) is 59.0. The molecular formula is C20H17N7O5S3. The van der Waals surface area contributed by atoms with Crippen molar-refractivity contribution in [1.82, 2.24) is 29.8 Å². The Labute approximate surface area is 210 Å². The zero-order chi connectivity index (χ0) is 24.9. The number of Topliss-reactive ketones (excluding diaryl/α,β-unsaturated/α-hetero) is 1. The number of β-lactam (4-membered cyclic amide) rings is 1. The van der Waals surface area contributed by atoms with Gasteiger partial charge >= 0.3 is 5.97 Å². The van der Waals surface area contributed by atoms with Crippen molar-refractivity contribution in [2.75, 3.05) is 17.2 Å². The van der Waals surface area contributed by atoms with E-state index in [1.165, 1.54) is 33.8 Å². The van der Waals surface area contributed by atoms with Crippen molar-refractivity contribution >= 4 is 69.2 Å². The first-order valence-electron chi connectivity index (χ1n) is 10.1. The molecule has 0 aromatic carbocycles. The first-order valence-corrected chi connectivity index (χ1v) is 13.1. The number of carboxylic acids is 1. The molecular weight excluding hydrogens is 514 g/mol. The topological polar surface area (TPSA) is 173 Å². The molecule has 0 radical (unpaired) electrons. The minimum Gasteiger partial charge on any atom is -0.477 e. The Balaban J connectivity index is 1.30. The second-order valence-corrected chi connectivity index (χ2v) is 10.6. The smallest absolute Gasteiger partial charge is 0.352 e. The lowest BCUT2D eigenvalue weighted by Crippen LogP contribution is -2.71. The number of carboxylic acid groups (broad SMARTS) is 1. The van der Waals surface area contributed by atoms with Gasteiger partial charge in [0.2, 0.25) is 0 Å². The zero-order valence-corrected chi connectivity index (χ0v) is 20.4. The van der Waals surface area contributed by atoms with Gasteiger partial charge in [0.05, 0.1) is 6.20 Å². The van der Waals surface area contributed by atoms with Crippen LogP contribution in [-0.4, -0.2) is 76.1 Å². The summed E-state index contributed by atoms with van der Waals surface area (Å²) >= 11 is 3.72. The number of thiazole rings is 1. The molecule has 1 fully saturated rings. The van der Waals surface area contributed by atoms with Gasteiger partial charge in [0.25, 0.3) is 17.6 Å². The third-order valence-electron chi connectivity index (χ3n) is 5.41. The van der Waals surface area contributed by atoms with Crippen LogP contribution < -0.4 is 11.1 Å². The molecule has 15 heteroatoms. The SMILES string of the molecule is Cc1cc(SCC2=C(C(=O)O)N3C(=O)[C@@H](NC(=O)C(=O)c4csc(N)n4)[C@H]3SC2)nc2ccnn12. The van der Waals surface area contributed by atoms with Gasteiger partial charge < -0.3 is 16.2 Å². The highest BCUT2D eigenvalue weighted by molar-refractivity contribution is 8.01. The largest absolute Gasteiger partial charge is 0.477 e. The van der Waals surface area contributed by atoms with E-state index in [1.54, 1.807) is 16.8 Å². The lowest BCUT2D eigenvalue weighted by molar-refractivity contribution is -0.150. The first-order chi connectivity index (χ1) is 16.7. The molecule has 5 heterocycles. The molecule has 180 valence electrons. The number of thioether (sulfide) groups is 2. The number of carbonyl (C=O) groups is 4. The molecule has 0 unspecified atom stereocenters. The van der Waals surface area contributed by atoms with Crippen LogP contribution in [-0.2, 0) is 14.4 Å². The van der Waals surface area contributed by atoms with E-state index in [2.05, 4.69) is 20.4 Å². The average Bonchev–Trinajstić information content (AvgIpc) is 3.49. The van der Waals surface area contributed by atoms with Gasteiger partial charge in [0.15, 0.2) is 10.8 Å². The van der Waals surface area contributed by atoms with Crippen LogP contribution in [0.3, 0.4) is 0 Å². The normalized spacial score (nSPS) is 19.5. The molecule has 12 nitrogen and oxygen atoms in total. The molecule has 0 spiro atoms. The Hall–Kier alpha value is -3.43. The number of aryl methyl sites for hydroxylation is 1. The Morgan fingerprint density at radius 3 is 2.86 bits per heavy atom. The maximum Gasteiger partial charge on any atom is 0.352 e. The fourth-order valence-corrected chi connectivity index (χ4v) is 6.77. The van der Waals surface area contributed by atoms with E-state index in [1.807, 2.05) is 13.0 Å². The molecule has 0 bridgehead atoms. The van der Waals surface area contributed by atoms with Crippen LogP contribution in [0.4, 0.5) is 5.13 Å². The number of nitrogens with zero attached hydrogens (tertiary/aromatic N) is 5. The molecule has 3 aromatic heterocycles. The number of nitrogen functional groups attached to an aromatic ring is 1. The molecule has 0 saturated carbocycles. The monoisotopic (exact) mass is 531 g/mol. The van der Waals surface area contributed by atoms with E-state index in [4.69, 9.17) is 5.73 Å². The third-order valence-corrected chi connectivity index (χ3v) is 8.42. The van der Waals surface area contributed by atoms with Crippen molar-refractivity contribution in [3.8, 4) is 0 Å².